The van der Waals surface area contributed by atoms with Crippen LogP contribution in [-0.4, -0.2) is 48.4 Å². The number of anilines is 1. The van der Waals surface area contributed by atoms with Crippen molar-refractivity contribution in [2.75, 3.05) is 24.5 Å². The van der Waals surface area contributed by atoms with E-state index in [1.807, 2.05) is 24.3 Å². The van der Waals surface area contributed by atoms with E-state index < -0.39 is 0 Å². The summed E-state index contributed by atoms with van der Waals surface area (Å²) >= 11 is 0. The second kappa shape index (κ2) is 5.96. The number of hydrogen-bond donors (Lipinski definition) is 1. The molecule has 2 unspecified atom stereocenters. The Balaban J connectivity index is 1.60. The Morgan fingerprint density at radius 2 is 2.04 bits per heavy atom. The SMILES string of the molecule is O=C1CCCN1c1cccc(C(=O)N2C3CCNCC2CC3)c1. The lowest BCUT2D eigenvalue weighted by molar-refractivity contribution is -0.117. The largest absolute Gasteiger partial charge is 0.331 e. The Hall–Kier alpha value is -1.88. The maximum atomic E-state index is 13.1. The molecule has 0 spiro atoms. The Morgan fingerprint density at radius 1 is 1.17 bits per heavy atom. The van der Waals surface area contributed by atoms with Crippen LogP contribution in [0.5, 0.6) is 0 Å². The van der Waals surface area contributed by atoms with Gasteiger partial charge in [0.25, 0.3) is 5.91 Å². The van der Waals surface area contributed by atoms with Gasteiger partial charge < -0.3 is 15.1 Å². The van der Waals surface area contributed by atoms with Crippen molar-refractivity contribution in [3.05, 3.63) is 29.8 Å². The summed E-state index contributed by atoms with van der Waals surface area (Å²) in [7, 11) is 0. The van der Waals surface area contributed by atoms with Gasteiger partial charge in [0.15, 0.2) is 0 Å². The molecule has 3 saturated heterocycles. The molecule has 2 amide bonds. The molecule has 5 heteroatoms. The minimum Gasteiger partial charge on any atom is -0.331 e. The van der Waals surface area contributed by atoms with Gasteiger partial charge in [-0.25, -0.2) is 0 Å². The Labute approximate surface area is 136 Å². The summed E-state index contributed by atoms with van der Waals surface area (Å²) in [6.45, 7) is 2.65. The summed E-state index contributed by atoms with van der Waals surface area (Å²) in [5, 5.41) is 3.43. The molecule has 2 atom stereocenters. The van der Waals surface area contributed by atoms with Crippen molar-refractivity contribution in [3.63, 3.8) is 0 Å². The van der Waals surface area contributed by atoms with E-state index in [2.05, 4.69) is 10.2 Å². The predicted molar refractivity (Wildman–Crippen MR) is 88.5 cm³/mol. The number of rotatable bonds is 2. The van der Waals surface area contributed by atoms with Gasteiger partial charge >= 0.3 is 0 Å². The van der Waals surface area contributed by atoms with Crippen molar-refractivity contribution >= 4 is 17.5 Å². The van der Waals surface area contributed by atoms with Crippen molar-refractivity contribution in [2.45, 2.75) is 44.2 Å². The van der Waals surface area contributed by atoms with Crippen LogP contribution in [0.4, 0.5) is 5.69 Å². The predicted octanol–water partition coefficient (Wildman–Crippen LogP) is 1.78. The smallest absolute Gasteiger partial charge is 0.254 e. The highest BCUT2D eigenvalue weighted by atomic mass is 16.2. The van der Waals surface area contributed by atoms with E-state index in [1.54, 1.807) is 4.90 Å². The summed E-state index contributed by atoms with van der Waals surface area (Å²) in [6, 6.07) is 8.27. The zero-order valence-electron chi connectivity index (χ0n) is 13.3. The normalized spacial score (nSPS) is 27.4. The van der Waals surface area contributed by atoms with Crippen molar-refractivity contribution in [1.82, 2.24) is 10.2 Å². The van der Waals surface area contributed by atoms with Gasteiger partial charge in [0, 0.05) is 42.8 Å². The molecule has 0 aliphatic carbocycles. The molecule has 4 rings (SSSR count). The maximum Gasteiger partial charge on any atom is 0.254 e. The number of amides is 2. The summed E-state index contributed by atoms with van der Waals surface area (Å²) < 4.78 is 0. The fourth-order valence-corrected chi connectivity index (χ4v) is 4.19. The summed E-state index contributed by atoms with van der Waals surface area (Å²) in [5.41, 5.74) is 1.57. The van der Waals surface area contributed by atoms with Crippen LogP contribution in [0, 0.1) is 0 Å². The Bertz CT molecular complexity index is 616. The number of nitrogens with one attached hydrogen (secondary N) is 1. The van der Waals surface area contributed by atoms with Crippen molar-refractivity contribution in [2.24, 2.45) is 0 Å². The van der Waals surface area contributed by atoms with E-state index in [4.69, 9.17) is 0 Å². The molecule has 0 saturated carbocycles. The second-order valence-corrected chi connectivity index (χ2v) is 6.79. The highest BCUT2D eigenvalue weighted by molar-refractivity contribution is 5.99. The van der Waals surface area contributed by atoms with E-state index in [1.165, 1.54) is 0 Å². The van der Waals surface area contributed by atoms with Crippen LogP contribution in [0.15, 0.2) is 24.3 Å². The molecule has 1 N–H and O–H groups in total. The molecule has 3 fully saturated rings. The number of fused-ring (bicyclic) bond motifs is 2. The molecule has 2 bridgehead atoms. The molecule has 3 aliphatic heterocycles. The zero-order valence-corrected chi connectivity index (χ0v) is 13.3. The van der Waals surface area contributed by atoms with Crippen molar-refractivity contribution in [1.29, 1.82) is 0 Å². The molecule has 3 aliphatic rings. The molecule has 3 heterocycles. The van der Waals surface area contributed by atoms with Gasteiger partial charge in [-0.05, 0) is 50.4 Å². The van der Waals surface area contributed by atoms with Gasteiger partial charge in [-0.2, -0.15) is 0 Å². The molecule has 1 aromatic rings. The van der Waals surface area contributed by atoms with E-state index >= 15 is 0 Å². The third-order valence-electron chi connectivity index (χ3n) is 5.37. The van der Waals surface area contributed by atoms with Gasteiger partial charge in [-0.15, -0.1) is 0 Å². The number of benzene rings is 1. The maximum absolute atomic E-state index is 13.1. The Kier molecular flexibility index (Phi) is 3.81. The fourth-order valence-electron chi connectivity index (χ4n) is 4.19. The average Bonchev–Trinajstić information content (AvgIpc) is 3.09. The molecular formula is C18H23N3O2. The van der Waals surface area contributed by atoms with Crippen molar-refractivity contribution in [3.8, 4) is 0 Å². The molecule has 5 nitrogen and oxygen atoms in total. The van der Waals surface area contributed by atoms with Crippen LogP contribution >= 0.6 is 0 Å². The van der Waals surface area contributed by atoms with Gasteiger partial charge in [-0.1, -0.05) is 6.07 Å². The van der Waals surface area contributed by atoms with Crippen LogP contribution in [0.25, 0.3) is 0 Å². The molecule has 23 heavy (non-hydrogen) atoms. The quantitative estimate of drug-likeness (QED) is 0.905. The lowest BCUT2D eigenvalue weighted by Gasteiger charge is -2.28. The van der Waals surface area contributed by atoms with E-state index in [0.29, 0.717) is 24.1 Å². The highest BCUT2D eigenvalue weighted by Gasteiger charge is 2.38. The first kappa shape index (κ1) is 14.7. The number of carbonyl (C=O) groups excluding carboxylic acids is 2. The van der Waals surface area contributed by atoms with Gasteiger partial charge in [0.2, 0.25) is 5.91 Å². The number of hydrogen-bond acceptors (Lipinski definition) is 3. The Morgan fingerprint density at radius 3 is 2.87 bits per heavy atom. The molecule has 0 aromatic heterocycles. The van der Waals surface area contributed by atoms with Gasteiger partial charge in [0.05, 0.1) is 0 Å². The zero-order chi connectivity index (χ0) is 15.8. The van der Waals surface area contributed by atoms with Crippen LogP contribution in [0.3, 0.4) is 0 Å². The second-order valence-electron chi connectivity index (χ2n) is 6.79. The number of carbonyl (C=O) groups is 2. The monoisotopic (exact) mass is 313 g/mol. The minimum absolute atomic E-state index is 0.120. The van der Waals surface area contributed by atoms with Crippen LogP contribution < -0.4 is 10.2 Å². The van der Waals surface area contributed by atoms with E-state index in [0.717, 1.165) is 51.0 Å². The first-order chi connectivity index (χ1) is 11.2. The van der Waals surface area contributed by atoms with Crippen LogP contribution in [0.1, 0.15) is 42.5 Å². The summed E-state index contributed by atoms with van der Waals surface area (Å²) in [5.74, 6) is 0.281. The molecule has 0 radical (unpaired) electrons. The standard InChI is InChI=1S/C18H23N3O2/c22-17-5-2-10-20(17)15-4-1-3-13(11-15)18(23)21-14-6-7-16(21)12-19-9-8-14/h1,3-4,11,14,16,19H,2,5-10,12H2. The summed E-state index contributed by atoms with van der Waals surface area (Å²) in [4.78, 5) is 28.9. The van der Waals surface area contributed by atoms with E-state index in [9.17, 15) is 9.59 Å². The minimum atomic E-state index is 0.120. The lowest BCUT2D eigenvalue weighted by Crippen LogP contribution is -2.42. The van der Waals surface area contributed by atoms with E-state index in [-0.39, 0.29) is 11.8 Å². The average molecular weight is 313 g/mol. The first-order valence-electron chi connectivity index (χ1n) is 8.68. The van der Waals surface area contributed by atoms with Crippen LogP contribution in [-0.2, 0) is 4.79 Å². The van der Waals surface area contributed by atoms with Gasteiger partial charge in [-0.3, -0.25) is 9.59 Å². The topological polar surface area (TPSA) is 52.7 Å². The fraction of sp³-hybridized carbons (Fsp3) is 0.556. The third kappa shape index (κ3) is 2.63. The van der Waals surface area contributed by atoms with Crippen molar-refractivity contribution < 1.29 is 9.59 Å². The lowest BCUT2D eigenvalue weighted by atomic mass is 10.1. The number of nitrogens with zero attached hydrogens (tertiary/aromatic N) is 2. The molecule has 122 valence electrons. The van der Waals surface area contributed by atoms with Gasteiger partial charge in [0.1, 0.15) is 0 Å². The third-order valence-corrected chi connectivity index (χ3v) is 5.37. The molecule has 1 aromatic carbocycles. The first-order valence-corrected chi connectivity index (χ1v) is 8.68. The van der Waals surface area contributed by atoms with Crippen LogP contribution in [0.2, 0.25) is 0 Å². The highest BCUT2D eigenvalue weighted by Crippen LogP contribution is 2.30. The molecular weight excluding hydrogens is 290 g/mol. The summed E-state index contributed by atoms with van der Waals surface area (Å²) in [6.07, 6.45) is 4.75.